The Morgan fingerprint density at radius 3 is 2.57 bits per heavy atom. The van der Waals surface area contributed by atoms with Crippen molar-refractivity contribution in [3.8, 4) is 0 Å². The average Bonchev–Trinajstić information content (AvgIpc) is 2.48. The average molecular weight is 328 g/mol. The van der Waals surface area contributed by atoms with Gasteiger partial charge in [-0.2, -0.15) is 4.31 Å². The standard InChI is InChI=1S/C13H14ClN3O3S/c1-2-17(9-10-3-5-15-6-4-10)21(19,20)11-7-12(14)13(18)16-8-11/h3-8H,2,9H2,1H3,(H,16,18). The minimum Gasteiger partial charge on any atom is -0.326 e. The summed E-state index contributed by atoms with van der Waals surface area (Å²) in [4.78, 5) is 17.4. The number of pyridine rings is 2. The molecule has 6 nitrogen and oxygen atoms in total. The summed E-state index contributed by atoms with van der Waals surface area (Å²) in [6.45, 7) is 2.26. The minimum atomic E-state index is -3.73. The fourth-order valence-corrected chi connectivity index (χ4v) is 3.46. The molecule has 2 heterocycles. The summed E-state index contributed by atoms with van der Waals surface area (Å²) >= 11 is 5.69. The minimum absolute atomic E-state index is 0.0389. The third-order valence-electron chi connectivity index (χ3n) is 2.93. The van der Waals surface area contributed by atoms with Gasteiger partial charge in [0.25, 0.3) is 5.56 Å². The van der Waals surface area contributed by atoms with Crippen LogP contribution in [-0.4, -0.2) is 29.2 Å². The number of halogens is 1. The van der Waals surface area contributed by atoms with Crippen LogP contribution in [-0.2, 0) is 16.6 Å². The number of hydrogen-bond acceptors (Lipinski definition) is 4. The number of sulfonamides is 1. The molecule has 21 heavy (non-hydrogen) atoms. The normalized spacial score (nSPS) is 11.8. The molecule has 112 valence electrons. The molecule has 0 bridgehead atoms. The molecule has 2 rings (SSSR count). The SMILES string of the molecule is CCN(Cc1ccncc1)S(=O)(=O)c1c[nH]c(=O)c(Cl)c1. The van der Waals surface area contributed by atoms with E-state index in [-0.39, 0.29) is 16.5 Å². The van der Waals surface area contributed by atoms with Crippen LogP contribution in [0, 0.1) is 0 Å². The maximum Gasteiger partial charge on any atom is 0.266 e. The molecule has 0 saturated heterocycles. The molecule has 1 N–H and O–H groups in total. The van der Waals surface area contributed by atoms with Crippen molar-refractivity contribution >= 4 is 21.6 Å². The number of nitrogens with zero attached hydrogens (tertiary/aromatic N) is 2. The molecule has 8 heteroatoms. The van der Waals surface area contributed by atoms with Crippen LogP contribution in [0.25, 0.3) is 0 Å². The predicted molar refractivity (Wildman–Crippen MR) is 79.6 cm³/mol. The maximum absolute atomic E-state index is 12.6. The smallest absolute Gasteiger partial charge is 0.266 e. The van der Waals surface area contributed by atoms with E-state index in [2.05, 4.69) is 9.97 Å². The van der Waals surface area contributed by atoms with E-state index in [1.165, 1.54) is 4.31 Å². The Balaban J connectivity index is 2.35. The first-order valence-corrected chi connectivity index (χ1v) is 8.04. The molecule has 0 aromatic carbocycles. The lowest BCUT2D eigenvalue weighted by molar-refractivity contribution is 0.423. The van der Waals surface area contributed by atoms with Crippen LogP contribution in [0.5, 0.6) is 0 Å². The van der Waals surface area contributed by atoms with Crippen LogP contribution < -0.4 is 5.56 Å². The number of nitrogens with one attached hydrogen (secondary N) is 1. The zero-order valence-corrected chi connectivity index (χ0v) is 12.9. The quantitative estimate of drug-likeness (QED) is 0.904. The second-order valence-corrected chi connectivity index (χ2v) is 6.64. The lowest BCUT2D eigenvalue weighted by Gasteiger charge is -2.20. The second-order valence-electron chi connectivity index (χ2n) is 4.30. The lowest BCUT2D eigenvalue weighted by atomic mass is 10.3. The molecule has 0 atom stereocenters. The largest absolute Gasteiger partial charge is 0.326 e. The van der Waals surface area contributed by atoms with E-state index in [4.69, 9.17) is 11.6 Å². The summed E-state index contributed by atoms with van der Waals surface area (Å²) in [7, 11) is -3.73. The number of aromatic amines is 1. The highest BCUT2D eigenvalue weighted by Gasteiger charge is 2.24. The van der Waals surface area contributed by atoms with Crippen LogP contribution in [0.3, 0.4) is 0 Å². The van der Waals surface area contributed by atoms with Crippen molar-refractivity contribution in [2.24, 2.45) is 0 Å². The zero-order valence-electron chi connectivity index (χ0n) is 11.3. The van der Waals surface area contributed by atoms with E-state index in [9.17, 15) is 13.2 Å². The Hall–Kier alpha value is -1.70. The summed E-state index contributed by atoms with van der Waals surface area (Å²) in [6, 6.07) is 4.65. The summed E-state index contributed by atoms with van der Waals surface area (Å²) in [5, 5.41) is -0.156. The van der Waals surface area contributed by atoms with Gasteiger partial charge in [0.15, 0.2) is 0 Å². The highest BCUT2D eigenvalue weighted by molar-refractivity contribution is 7.89. The Morgan fingerprint density at radius 1 is 1.33 bits per heavy atom. The van der Waals surface area contributed by atoms with Crippen molar-refractivity contribution < 1.29 is 8.42 Å². The third-order valence-corrected chi connectivity index (χ3v) is 5.11. The summed E-state index contributed by atoms with van der Waals surface area (Å²) < 4.78 is 26.4. The van der Waals surface area contributed by atoms with Gasteiger partial charge in [-0.3, -0.25) is 9.78 Å². The summed E-state index contributed by atoms with van der Waals surface area (Å²) in [5.74, 6) is 0. The molecular formula is C13H14ClN3O3S. The van der Waals surface area contributed by atoms with E-state index >= 15 is 0 Å². The van der Waals surface area contributed by atoms with Gasteiger partial charge in [-0.25, -0.2) is 8.42 Å². The number of aromatic nitrogens is 2. The maximum atomic E-state index is 12.6. The Morgan fingerprint density at radius 2 is 2.00 bits per heavy atom. The van der Waals surface area contributed by atoms with Crippen molar-refractivity contribution in [1.82, 2.24) is 14.3 Å². The first kappa shape index (κ1) is 15.7. The second kappa shape index (κ2) is 6.38. The molecule has 2 aromatic heterocycles. The van der Waals surface area contributed by atoms with Crippen LogP contribution in [0.1, 0.15) is 12.5 Å². The zero-order chi connectivity index (χ0) is 15.5. The molecule has 0 spiro atoms. The van der Waals surface area contributed by atoms with Gasteiger partial charge in [0.2, 0.25) is 10.0 Å². The third kappa shape index (κ3) is 3.49. The topological polar surface area (TPSA) is 83.1 Å². The van der Waals surface area contributed by atoms with Gasteiger partial charge in [-0.1, -0.05) is 18.5 Å². The first-order chi connectivity index (χ1) is 9.95. The van der Waals surface area contributed by atoms with Crippen LogP contribution in [0.2, 0.25) is 5.02 Å². The van der Waals surface area contributed by atoms with E-state index in [1.54, 1.807) is 31.5 Å². The van der Waals surface area contributed by atoms with Gasteiger partial charge in [0.1, 0.15) is 5.02 Å². The predicted octanol–water partition coefficient (Wildman–Crippen LogP) is 1.63. The van der Waals surface area contributed by atoms with Crippen LogP contribution in [0.15, 0.2) is 46.5 Å². The molecule has 0 fully saturated rings. The molecular weight excluding hydrogens is 314 g/mol. The number of hydrogen-bond donors (Lipinski definition) is 1. The Labute approximate surface area is 127 Å². The number of H-pyrrole nitrogens is 1. The van der Waals surface area contributed by atoms with Gasteiger partial charge in [0.05, 0.1) is 4.90 Å². The van der Waals surface area contributed by atoms with E-state index in [0.717, 1.165) is 17.8 Å². The lowest BCUT2D eigenvalue weighted by Crippen LogP contribution is -2.31. The van der Waals surface area contributed by atoms with E-state index in [1.807, 2.05) is 0 Å². The molecule has 0 saturated carbocycles. The molecule has 2 aromatic rings. The molecule has 0 amide bonds. The highest BCUT2D eigenvalue weighted by atomic mass is 35.5. The van der Waals surface area contributed by atoms with Gasteiger partial charge in [0, 0.05) is 31.7 Å². The fraction of sp³-hybridized carbons (Fsp3) is 0.231. The molecule has 0 radical (unpaired) electrons. The van der Waals surface area contributed by atoms with Crippen molar-refractivity contribution in [2.75, 3.05) is 6.54 Å². The van der Waals surface area contributed by atoms with Gasteiger partial charge in [-0.15, -0.1) is 0 Å². The van der Waals surface area contributed by atoms with Gasteiger partial charge in [-0.05, 0) is 23.8 Å². The Kier molecular flexibility index (Phi) is 4.76. The highest BCUT2D eigenvalue weighted by Crippen LogP contribution is 2.18. The van der Waals surface area contributed by atoms with E-state index < -0.39 is 15.6 Å². The monoisotopic (exact) mass is 327 g/mol. The molecule has 0 aliphatic carbocycles. The number of rotatable bonds is 5. The Bertz CT molecular complexity index is 775. The first-order valence-electron chi connectivity index (χ1n) is 6.22. The molecule has 0 aliphatic heterocycles. The van der Waals surface area contributed by atoms with Crippen LogP contribution >= 0.6 is 11.6 Å². The van der Waals surface area contributed by atoms with Crippen LogP contribution in [0.4, 0.5) is 0 Å². The van der Waals surface area contributed by atoms with Crippen molar-refractivity contribution in [2.45, 2.75) is 18.4 Å². The molecule has 0 aliphatic rings. The van der Waals surface area contributed by atoms with Crippen molar-refractivity contribution in [3.63, 3.8) is 0 Å². The summed E-state index contributed by atoms with van der Waals surface area (Å²) in [6.07, 6.45) is 4.36. The van der Waals surface area contributed by atoms with E-state index in [0.29, 0.717) is 6.54 Å². The summed E-state index contributed by atoms with van der Waals surface area (Å²) in [5.41, 5.74) is 0.304. The molecule has 0 unspecified atom stereocenters. The van der Waals surface area contributed by atoms with Crippen molar-refractivity contribution in [3.05, 3.63) is 57.7 Å². The fourth-order valence-electron chi connectivity index (χ4n) is 1.79. The van der Waals surface area contributed by atoms with Crippen molar-refractivity contribution in [1.29, 1.82) is 0 Å². The van der Waals surface area contributed by atoms with Gasteiger partial charge >= 0.3 is 0 Å². The van der Waals surface area contributed by atoms with Gasteiger partial charge < -0.3 is 4.98 Å².